The Morgan fingerprint density at radius 1 is 1.28 bits per heavy atom. The van der Waals surface area contributed by atoms with Gasteiger partial charge in [0.15, 0.2) is 0 Å². The summed E-state index contributed by atoms with van der Waals surface area (Å²) in [7, 11) is 0. The topological polar surface area (TPSA) is 42.1 Å². The minimum absolute atomic E-state index is 0.250. The standard InChI is InChI=1S/C15H27N3/c1-4-7-10-18(6-3)15-9-8-13(12-17-15)11-14(16)5-2/h8-9,12,14H,4-7,10-11,16H2,1-3H3. The molecule has 3 heteroatoms. The van der Waals surface area contributed by atoms with Crippen LogP contribution in [0.1, 0.15) is 45.6 Å². The predicted molar refractivity (Wildman–Crippen MR) is 79.0 cm³/mol. The molecular formula is C15H27N3. The molecule has 1 aromatic rings. The summed E-state index contributed by atoms with van der Waals surface area (Å²) in [5.41, 5.74) is 7.19. The zero-order valence-electron chi connectivity index (χ0n) is 12.0. The second kappa shape index (κ2) is 8.09. The van der Waals surface area contributed by atoms with Gasteiger partial charge in [0.25, 0.3) is 0 Å². The Morgan fingerprint density at radius 3 is 2.56 bits per heavy atom. The fraction of sp³-hybridized carbons (Fsp3) is 0.667. The van der Waals surface area contributed by atoms with Gasteiger partial charge in [-0.25, -0.2) is 4.98 Å². The van der Waals surface area contributed by atoms with E-state index in [9.17, 15) is 0 Å². The Kier molecular flexibility index (Phi) is 6.73. The summed E-state index contributed by atoms with van der Waals surface area (Å²) >= 11 is 0. The first kappa shape index (κ1) is 15.0. The van der Waals surface area contributed by atoms with Gasteiger partial charge >= 0.3 is 0 Å². The van der Waals surface area contributed by atoms with Crippen LogP contribution in [-0.4, -0.2) is 24.1 Å². The molecule has 0 radical (unpaired) electrons. The lowest BCUT2D eigenvalue weighted by molar-refractivity contribution is 0.644. The highest BCUT2D eigenvalue weighted by Crippen LogP contribution is 2.13. The Balaban J connectivity index is 2.62. The normalized spacial score (nSPS) is 12.4. The molecule has 1 aromatic heterocycles. The van der Waals surface area contributed by atoms with E-state index >= 15 is 0 Å². The maximum atomic E-state index is 5.96. The molecule has 0 saturated carbocycles. The van der Waals surface area contributed by atoms with Crippen LogP contribution in [0.4, 0.5) is 5.82 Å². The van der Waals surface area contributed by atoms with Gasteiger partial charge in [-0.3, -0.25) is 0 Å². The molecule has 0 spiro atoms. The third-order valence-electron chi connectivity index (χ3n) is 3.32. The smallest absolute Gasteiger partial charge is 0.128 e. The van der Waals surface area contributed by atoms with Crippen molar-refractivity contribution in [3.63, 3.8) is 0 Å². The third-order valence-corrected chi connectivity index (χ3v) is 3.32. The molecule has 2 N–H and O–H groups in total. The van der Waals surface area contributed by atoms with Crippen molar-refractivity contribution in [1.82, 2.24) is 4.98 Å². The molecule has 0 aliphatic rings. The van der Waals surface area contributed by atoms with Gasteiger partial charge in [-0.05, 0) is 37.8 Å². The van der Waals surface area contributed by atoms with Crippen molar-refractivity contribution in [2.24, 2.45) is 5.73 Å². The zero-order chi connectivity index (χ0) is 13.4. The van der Waals surface area contributed by atoms with Crippen LogP contribution in [0.5, 0.6) is 0 Å². The lowest BCUT2D eigenvalue weighted by Gasteiger charge is -2.22. The second-order valence-corrected chi connectivity index (χ2v) is 4.83. The molecule has 18 heavy (non-hydrogen) atoms. The second-order valence-electron chi connectivity index (χ2n) is 4.83. The van der Waals surface area contributed by atoms with Crippen LogP contribution in [0, 0.1) is 0 Å². The lowest BCUT2D eigenvalue weighted by Crippen LogP contribution is -2.25. The largest absolute Gasteiger partial charge is 0.357 e. The molecule has 0 aliphatic heterocycles. The first-order valence-corrected chi connectivity index (χ1v) is 7.16. The number of hydrogen-bond acceptors (Lipinski definition) is 3. The Labute approximate surface area is 111 Å². The number of rotatable bonds is 8. The van der Waals surface area contributed by atoms with Crippen LogP contribution in [0.3, 0.4) is 0 Å². The number of nitrogens with zero attached hydrogens (tertiary/aromatic N) is 2. The molecule has 1 unspecified atom stereocenters. The summed E-state index contributed by atoms with van der Waals surface area (Å²) in [6, 6.07) is 4.53. The van der Waals surface area contributed by atoms with Gasteiger partial charge < -0.3 is 10.6 Å². The van der Waals surface area contributed by atoms with Gasteiger partial charge in [-0.15, -0.1) is 0 Å². The summed E-state index contributed by atoms with van der Waals surface area (Å²) in [6.07, 6.45) is 6.35. The predicted octanol–water partition coefficient (Wildman–Crippen LogP) is 2.99. The van der Waals surface area contributed by atoms with Crippen LogP contribution in [0.25, 0.3) is 0 Å². The van der Waals surface area contributed by atoms with E-state index in [0.29, 0.717) is 0 Å². The summed E-state index contributed by atoms with van der Waals surface area (Å²) in [6.45, 7) is 8.62. The van der Waals surface area contributed by atoms with Gasteiger partial charge in [0.2, 0.25) is 0 Å². The molecule has 1 heterocycles. The number of aromatic nitrogens is 1. The number of nitrogens with two attached hydrogens (primary N) is 1. The molecule has 0 fully saturated rings. The van der Waals surface area contributed by atoms with Crippen LogP contribution in [-0.2, 0) is 6.42 Å². The van der Waals surface area contributed by atoms with Gasteiger partial charge in [-0.2, -0.15) is 0 Å². The summed E-state index contributed by atoms with van der Waals surface area (Å²) in [4.78, 5) is 6.89. The fourth-order valence-corrected chi connectivity index (χ4v) is 1.96. The van der Waals surface area contributed by atoms with E-state index in [0.717, 1.165) is 31.7 Å². The molecule has 0 saturated heterocycles. The molecule has 0 aliphatic carbocycles. The molecular weight excluding hydrogens is 222 g/mol. The average Bonchev–Trinajstić information content (AvgIpc) is 2.41. The van der Waals surface area contributed by atoms with E-state index in [4.69, 9.17) is 5.73 Å². The maximum absolute atomic E-state index is 5.96. The highest BCUT2D eigenvalue weighted by molar-refractivity contribution is 5.39. The van der Waals surface area contributed by atoms with Crippen molar-refractivity contribution < 1.29 is 0 Å². The summed E-state index contributed by atoms with van der Waals surface area (Å²) in [5, 5.41) is 0. The molecule has 0 amide bonds. The molecule has 102 valence electrons. The molecule has 1 atom stereocenters. The Morgan fingerprint density at radius 2 is 2.06 bits per heavy atom. The number of hydrogen-bond donors (Lipinski definition) is 1. The maximum Gasteiger partial charge on any atom is 0.128 e. The van der Waals surface area contributed by atoms with Gasteiger partial charge in [0.1, 0.15) is 5.82 Å². The highest BCUT2D eigenvalue weighted by atomic mass is 15.2. The van der Waals surface area contributed by atoms with E-state index in [1.807, 2.05) is 6.20 Å². The average molecular weight is 249 g/mol. The van der Waals surface area contributed by atoms with Crippen molar-refractivity contribution >= 4 is 5.82 Å². The van der Waals surface area contributed by atoms with E-state index in [-0.39, 0.29) is 6.04 Å². The Hall–Kier alpha value is -1.09. The summed E-state index contributed by atoms with van der Waals surface area (Å²) < 4.78 is 0. The van der Waals surface area contributed by atoms with Crippen LogP contribution >= 0.6 is 0 Å². The van der Waals surface area contributed by atoms with Crippen molar-refractivity contribution in [1.29, 1.82) is 0 Å². The van der Waals surface area contributed by atoms with E-state index in [1.165, 1.54) is 18.4 Å². The SMILES string of the molecule is CCCCN(CC)c1ccc(CC(N)CC)cn1. The van der Waals surface area contributed by atoms with Crippen molar-refractivity contribution in [2.45, 2.75) is 52.5 Å². The van der Waals surface area contributed by atoms with Crippen LogP contribution in [0.15, 0.2) is 18.3 Å². The van der Waals surface area contributed by atoms with Crippen molar-refractivity contribution in [2.75, 3.05) is 18.0 Å². The lowest BCUT2D eigenvalue weighted by atomic mass is 10.1. The fourth-order valence-electron chi connectivity index (χ4n) is 1.96. The Bertz CT molecular complexity index is 321. The number of unbranched alkanes of at least 4 members (excludes halogenated alkanes) is 1. The number of pyridine rings is 1. The number of anilines is 1. The van der Waals surface area contributed by atoms with Gasteiger partial charge in [0.05, 0.1) is 0 Å². The van der Waals surface area contributed by atoms with Crippen molar-refractivity contribution in [3.8, 4) is 0 Å². The first-order chi connectivity index (χ1) is 8.71. The van der Waals surface area contributed by atoms with E-state index < -0.39 is 0 Å². The van der Waals surface area contributed by atoms with Gasteiger partial charge in [0, 0.05) is 25.3 Å². The van der Waals surface area contributed by atoms with Crippen LogP contribution < -0.4 is 10.6 Å². The van der Waals surface area contributed by atoms with Crippen LogP contribution in [0.2, 0.25) is 0 Å². The van der Waals surface area contributed by atoms with E-state index in [1.54, 1.807) is 0 Å². The first-order valence-electron chi connectivity index (χ1n) is 7.16. The van der Waals surface area contributed by atoms with E-state index in [2.05, 4.69) is 42.8 Å². The third kappa shape index (κ3) is 4.65. The summed E-state index contributed by atoms with van der Waals surface area (Å²) in [5.74, 6) is 1.08. The monoisotopic (exact) mass is 249 g/mol. The molecule has 0 bridgehead atoms. The molecule has 1 rings (SSSR count). The van der Waals surface area contributed by atoms with Gasteiger partial charge in [-0.1, -0.05) is 26.3 Å². The minimum atomic E-state index is 0.250. The van der Waals surface area contributed by atoms with Crippen molar-refractivity contribution in [3.05, 3.63) is 23.9 Å². The molecule has 0 aromatic carbocycles. The molecule has 3 nitrogen and oxygen atoms in total. The highest BCUT2D eigenvalue weighted by Gasteiger charge is 2.06. The quantitative estimate of drug-likeness (QED) is 0.770. The minimum Gasteiger partial charge on any atom is -0.357 e. The zero-order valence-corrected chi connectivity index (χ0v) is 12.0.